The molecule has 4 N–H and O–H groups in total. The number of ether oxygens (including phenoxy) is 4. The van der Waals surface area contributed by atoms with Gasteiger partial charge in [-0.1, -0.05) is 194 Å². The number of hydrogen-bond acceptors (Lipinski definition) is 8. The van der Waals surface area contributed by atoms with Crippen molar-refractivity contribution in [1.29, 1.82) is 0 Å². The molecule has 8 nitrogen and oxygen atoms in total. The van der Waals surface area contributed by atoms with Crippen molar-refractivity contribution in [3.05, 3.63) is 0 Å². The summed E-state index contributed by atoms with van der Waals surface area (Å²) >= 11 is 0. The van der Waals surface area contributed by atoms with E-state index < -0.39 is 17.0 Å². The van der Waals surface area contributed by atoms with Crippen molar-refractivity contribution in [3.63, 3.8) is 0 Å². The zero-order valence-corrected chi connectivity index (χ0v) is 63.0. The maximum atomic E-state index is 13.3. The molecule has 0 bridgehead atoms. The molecule has 0 amide bonds. The van der Waals surface area contributed by atoms with Crippen molar-refractivity contribution in [3.8, 4) is 0 Å². The van der Waals surface area contributed by atoms with E-state index >= 15 is 0 Å². The molecule has 11 heteroatoms. The fraction of sp³-hybridized carbons (Fsp3) is 1.00. The lowest BCUT2D eigenvalue weighted by Gasteiger charge is -2.34. The number of halogens is 3. The standard InChI is InChI=1S/4C11H24O2.3C9H19F/c4*1-8(12)7-13-10(3)9(2)11(4,5)6;3*1-7(8(2,3)4)9(5,6)10/h4*8-10,12H,7H2,1-6H3;3*7H,1-6H3/t2*8-,9+,10-;2*8-,9-,10+;3*7-/m1010110/s1. The Morgan fingerprint density at radius 1 is 0.232 bits per heavy atom. The molecule has 0 aromatic heterocycles. The molecule has 0 radical (unpaired) electrons. The van der Waals surface area contributed by atoms with Crippen molar-refractivity contribution in [2.24, 2.45) is 79.3 Å². The molecule has 0 unspecified atom stereocenters. The van der Waals surface area contributed by atoms with Crippen LogP contribution < -0.4 is 0 Å². The van der Waals surface area contributed by atoms with Gasteiger partial charge < -0.3 is 39.4 Å². The Labute approximate surface area is 512 Å². The smallest absolute Gasteiger partial charge is 0.108 e. The molecule has 0 fully saturated rings. The highest BCUT2D eigenvalue weighted by Crippen LogP contribution is 2.39. The van der Waals surface area contributed by atoms with Crippen molar-refractivity contribution in [2.75, 3.05) is 26.4 Å². The predicted octanol–water partition coefficient (Wildman–Crippen LogP) is 20.1. The lowest BCUT2D eigenvalue weighted by atomic mass is 9.74. The first kappa shape index (κ1) is 95.1. The van der Waals surface area contributed by atoms with Gasteiger partial charge in [-0.25, -0.2) is 13.2 Å². The highest BCUT2D eigenvalue weighted by molar-refractivity contribution is 4.85. The number of hydrogen-bond donors (Lipinski definition) is 4. The van der Waals surface area contributed by atoms with E-state index in [-0.39, 0.29) is 104 Å². The van der Waals surface area contributed by atoms with Gasteiger partial charge in [0.2, 0.25) is 0 Å². The van der Waals surface area contributed by atoms with Gasteiger partial charge in [0.1, 0.15) is 17.0 Å². The molecule has 0 aliphatic carbocycles. The summed E-state index contributed by atoms with van der Waals surface area (Å²) in [5, 5.41) is 36.2. The normalized spacial score (nSPS) is 18.7. The summed E-state index contributed by atoms with van der Waals surface area (Å²) in [4.78, 5) is 0. The highest BCUT2D eigenvalue weighted by Gasteiger charge is 2.36. The Morgan fingerprint density at radius 2 is 0.341 bits per heavy atom. The van der Waals surface area contributed by atoms with E-state index in [1.807, 2.05) is 20.8 Å². The molecule has 15 atom stereocenters. The average Bonchev–Trinajstić information content (AvgIpc) is 3.24. The first-order valence-electron chi connectivity index (χ1n) is 31.7. The minimum atomic E-state index is -1.06. The Hall–Kier alpha value is -0.530. The average molecular weight is 1190 g/mol. The van der Waals surface area contributed by atoms with E-state index in [0.29, 0.717) is 50.1 Å². The summed E-state index contributed by atoms with van der Waals surface area (Å²) in [7, 11) is 0. The van der Waals surface area contributed by atoms with E-state index in [2.05, 4.69) is 201 Å². The van der Waals surface area contributed by atoms with Gasteiger partial charge in [0, 0.05) is 0 Å². The summed E-state index contributed by atoms with van der Waals surface area (Å²) in [5.74, 6) is 2.26. The summed E-state index contributed by atoms with van der Waals surface area (Å²) in [6.45, 7) is 86.6. The van der Waals surface area contributed by atoms with Crippen molar-refractivity contribution in [1.82, 2.24) is 0 Å². The van der Waals surface area contributed by atoms with Gasteiger partial charge in [-0.3, -0.25) is 0 Å². The molecule has 0 heterocycles. The molecule has 0 saturated carbocycles. The number of alkyl halides is 3. The van der Waals surface area contributed by atoms with Crippen molar-refractivity contribution >= 4 is 0 Å². The molecular formula is C71H153F3O8. The van der Waals surface area contributed by atoms with E-state index in [0.717, 1.165) is 0 Å². The zero-order chi connectivity index (χ0) is 68.3. The number of aliphatic hydroxyl groups excluding tert-OH is 4. The summed E-state index contributed by atoms with van der Waals surface area (Å²) in [6, 6.07) is 0. The zero-order valence-electron chi connectivity index (χ0n) is 63.0. The van der Waals surface area contributed by atoms with Gasteiger partial charge in [0.15, 0.2) is 0 Å². The largest absolute Gasteiger partial charge is 0.391 e. The van der Waals surface area contributed by atoms with E-state index in [9.17, 15) is 13.2 Å². The van der Waals surface area contributed by atoms with Crippen LogP contribution in [0.3, 0.4) is 0 Å². The molecular weight excluding hydrogens is 1040 g/mol. The van der Waals surface area contributed by atoms with Crippen LogP contribution in [0.25, 0.3) is 0 Å². The van der Waals surface area contributed by atoms with Gasteiger partial charge >= 0.3 is 0 Å². The SMILES string of the molecule is C[C@@H](C(C)(C)C)C(C)(C)F.C[C@@H](O)CO[C@H](C)[C@H](C)C(C)(C)C.C[C@H](C(C)(C)C)C(C)(C)F.C[C@H](C(C)(C)C)C(C)(C)F.C[C@H](O)CO[C@@H](C)[C@@H](C)C(C)(C)C.C[C@H](O)CO[C@H](C)[C@H](C)C(C)(C)C.C[C@H](OC[C@@H](C)O)[C@@H](C)C(C)(C)C. The van der Waals surface area contributed by atoms with Crippen LogP contribution in [0.4, 0.5) is 13.2 Å². The van der Waals surface area contributed by atoms with Crippen LogP contribution >= 0.6 is 0 Å². The minimum absolute atomic E-state index is 0.0677. The summed E-state index contributed by atoms with van der Waals surface area (Å²) in [5.41, 5.74) is -1.92. The molecule has 0 rings (SSSR count). The van der Waals surface area contributed by atoms with Crippen LogP contribution in [0, 0.1) is 79.3 Å². The third-order valence-electron chi connectivity index (χ3n) is 17.7. The first-order valence-corrected chi connectivity index (χ1v) is 31.7. The maximum absolute atomic E-state index is 13.3. The molecule has 0 aromatic rings. The first-order chi connectivity index (χ1) is 35.5. The second-order valence-electron chi connectivity index (χ2n) is 34.1. The third-order valence-corrected chi connectivity index (χ3v) is 17.7. The van der Waals surface area contributed by atoms with E-state index in [1.54, 1.807) is 69.2 Å². The lowest BCUT2D eigenvalue weighted by molar-refractivity contribution is -0.0398. The number of aliphatic hydroxyl groups is 4. The predicted molar refractivity (Wildman–Crippen MR) is 354 cm³/mol. The Kier molecular flexibility index (Phi) is 46.6. The van der Waals surface area contributed by atoms with Crippen molar-refractivity contribution < 1.29 is 52.5 Å². The van der Waals surface area contributed by atoms with Gasteiger partial charge in [-0.2, -0.15) is 0 Å². The van der Waals surface area contributed by atoms with E-state index in [1.165, 1.54) is 0 Å². The monoisotopic (exact) mass is 1190 g/mol. The molecule has 506 valence electrons. The van der Waals surface area contributed by atoms with Crippen LogP contribution in [0.5, 0.6) is 0 Å². The van der Waals surface area contributed by atoms with E-state index in [4.69, 9.17) is 39.4 Å². The van der Waals surface area contributed by atoms with Crippen LogP contribution in [-0.2, 0) is 18.9 Å². The molecule has 0 aliphatic rings. The van der Waals surface area contributed by atoms with Crippen LogP contribution in [0.1, 0.15) is 291 Å². The Bertz CT molecular complexity index is 1240. The molecule has 82 heavy (non-hydrogen) atoms. The highest BCUT2D eigenvalue weighted by atomic mass is 19.2. The van der Waals surface area contributed by atoms with Gasteiger partial charge in [-0.05, 0) is 176 Å². The third kappa shape index (κ3) is 53.7. The Balaban J connectivity index is -0.000000161. The van der Waals surface area contributed by atoms with Gasteiger partial charge in [-0.15, -0.1) is 0 Å². The van der Waals surface area contributed by atoms with Crippen molar-refractivity contribution in [2.45, 2.75) is 357 Å². The molecule has 0 saturated heterocycles. The molecule has 0 aromatic carbocycles. The lowest BCUT2D eigenvalue weighted by Crippen LogP contribution is -2.33. The van der Waals surface area contributed by atoms with Gasteiger partial charge in [0.25, 0.3) is 0 Å². The second kappa shape index (κ2) is 40.2. The minimum Gasteiger partial charge on any atom is -0.391 e. The maximum Gasteiger partial charge on any atom is 0.108 e. The topological polar surface area (TPSA) is 118 Å². The quantitative estimate of drug-likeness (QED) is 0.101. The second-order valence-corrected chi connectivity index (χ2v) is 34.1. The van der Waals surface area contributed by atoms with Crippen LogP contribution in [0.15, 0.2) is 0 Å². The summed E-state index contributed by atoms with van der Waals surface area (Å²) < 4.78 is 62.0. The van der Waals surface area contributed by atoms with Gasteiger partial charge in [0.05, 0.1) is 75.3 Å². The molecule has 0 aliphatic heterocycles. The summed E-state index contributed by atoms with van der Waals surface area (Å²) in [6.07, 6.45) is -0.651. The Morgan fingerprint density at radius 3 is 0.390 bits per heavy atom. The fourth-order valence-electron chi connectivity index (χ4n) is 7.65. The van der Waals surface area contributed by atoms with Crippen LogP contribution in [0.2, 0.25) is 0 Å². The number of rotatable bonds is 19. The molecule has 0 spiro atoms. The van der Waals surface area contributed by atoms with Crippen LogP contribution in [-0.4, -0.2) is 113 Å². The fourth-order valence-corrected chi connectivity index (χ4v) is 7.65.